The molecule has 1 aliphatic heterocycles. The first-order chi connectivity index (χ1) is 14.0. The maximum Gasteiger partial charge on any atom is 0.194 e. The molecule has 0 radical (unpaired) electrons. The van der Waals surface area contributed by atoms with Crippen LogP contribution >= 0.6 is 24.0 Å². The highest BCUT2D eigenvalue weighted by molar-refractivity contribution is 14.0. The molecule has 3 rings (SSSR count). The lowest BCUT2D eigenvalue weighted by molar-refractivity contribution is 0.168. The zero-order valence-corrected chi connectivity index (χ0v) is 19.6. The van der Waals surface area contributed by atoms with Gasteiger partial charge in [0.25, 0.3) is 0 Å². The maximum atomic E-state index is 13.2. The van der Waals surface area contributed by atoms with Crippen LogP contribution in [-0.2, 0) is 6.54 Å². The summed E-state index contributed by atoms with van der Waals surface area (Å²) in [6.45, 7) is 9.68. The Morgan fingerprint density at radius 1 is 1.20 bits per heavy atom. The smallest absolute Gasteiger partial charge is 0.194 e. The average Bonchev–Trinajstić information content (AvgIpc) is 3.12. The van der Waals surface area contributed by atoms with Gasteiger partial charge in [0.15, 0.2) is 17.6 Å². The Labute approximate surface area is 192 Å². The van der Waals surface area contributed by atoms with E-state index in [-0.39, 0.29) is 30.6 Å². The summed E-state index contributed by atoms with van der Waals surface area (Å²) in [6, 6.07) is 5.46. The molecule has 0 atom stereocenters. The van der Waals surface area contributed by atoms with Gasteiger partial charge in [-0.1, -0.05) is 5.16 Å². The van der Waals surface area contributed by atoms with E-state index in [9.17, 15) is 8.78 Å². The topological polar surface area (TPSA) is 66.1 Å². The fourth-order valence-electron chi connectivity index (χ4n) is 3.15. The molecule has 0 saturated carbocycles. The van der Waals surface area contributed by atoms with Gasteiger partial charge in [0.2, 0.25) is 0 Å². The van der Waals surface area contributed by atoms with E-state index in [0.29, 0.717) is 12.3 Å². The molecular weight excluding hydrogens is 507 g/mol. The molecule has 10 heteroatoms. The summed E-state index contributed by atoms with van der Waals surface area (Å²) in [5.74, 6) is 0.144. The number of rotatable bonds is 7. The third kappa shape index (κ3) is 7.08. The molecule has 166 valence electrons. The minimum atomic E-state index is -0.919. The van der Waals surface area contributed by atoms with Crippen molar-refractivity contribution in [2.24, 2.45) is 4.99 Å². The predicted octanol–water partition coefficient (Wildman–Crippen LogP) is 3.04. The van der Waals surface area contributed by atoms with E-state index in [4.69, 9.17) is 9.26 Å². The molecule has 30 heavy (non-hydrogen) atoms. The average molecular weight is 535 g/mol. The number of ether oxygens (including phenoxy) is 1. The highest BCUT2D eigenvalue weighted by atomic mass is 127. The number of hydrogen-bond donors (Lipinski definition) is 1. The predicted molar refractivity (Wildman–Crippen MR) is 121 cm³/mol. The fraction of sp³-hybridized carbons (Fsp3) is 0.500. The summed E-state index contributed by atoms with van der Waals surface area (Å²) < 4.78 is 36.8. The van der Waals surface area contributed by atoms with E-state index < -0.39 is 11.6 Å². The van der Waals surface area contributed by atoms with Crippen LogP contribution in [0.5, 0.6) is 5.75 Å². The summed E-state index contributed by atoms with van der Waals surface area (Å²) in [5, 5.41) is 7.35. The summed E-state index contributed by atoms with van der Waals surface area (Å²) >= 11 is 0. The van der Waals surface area contributed by atoms with Gasteiger partial charge in [0.1, 0.15) is 18.1 Å². The van der Waals surface area contributed by atoms with E-state index in [0.717, 1.165) is 68.8 Å². The first-order valence-corrected chi connectivity index (χ1v) is 9.81. The second kappa shape index (κ2) is 12.0. The van der Waals surface area contributed by atoms with Crippen molar-refractivity contribution in [1.82, 2.24) is 20.3 Å². The van der Waals surface area contributed by atoms with Gasteiger partial charge < -0.3 is 19.5 Å². The van der Waals surface area contributed by atoms with Crippen LogP contribution in [-0.4, -0.2) is 66.8 Å². The molecule has 0 aliphatic carbocycles. The van der Waals surface area contributed by atoms with Gasteiger partial charge in [-0.3, -0.25) is 4.90 Å². The molecule has 2 aromatic rings. The highest BCUT2D eigenvalue weighted by Gasteiger charge is 2.20. The standard InChI is InChI=1S/C20H27F2N5O2.HI/c1-3-23-20(24-6-11-28-17-4-5-18(21)19(22)13-17)27-9-7-26(8-10-27)14-16-12-15(2)29-25-16;/h4-5,12-13H,3,6-11,14H2,1-2H3,(H,23,24);1H. The van der Waals surface area contributed by atoms with Crippen molar-refractivity contribution in [3.8, 4) is 5.75 Å². The van der Waals surface area contributed by atoms with Crippen molar-refractivity contribution < 1.29 is 18.0 Å². The molecule has 1 aromatic carbocycles. The number of nitrogens with zero attached hydrogens (tertiary/aromatic N) is 4. The molecule has 0 amide bonds. The van der Waals surface area contributed by atoms with Crippen LogP contribution in [0.15, 0.2) is 33.8 Å². The SMILES string of the molecule is CCNC(=NCCOc1ccc(F)c(F)c1)N1CCN(Cc2cc(C)on2)CC1.I. The molecule has 0 bridgehead atoms. The third-order valence-electron chi connectivity index (χ3n) is 4.58. The number of hydrogen-bond acceptors (Lipinski definition) is 5. The lowest BCUT2D eigenvalue weighted by Gasteiger charge is -2.36. The summed E-state index contributed by atoms with van der Waals surface area (Å²) in [7, 11) is 0. The fourth-order valence-corrected chi connectivity index (χ4v) is 3.15. The first-order valence-electron chi connectivity index (χ1n) is 9.81. The molecule has 0 unspecified atom stereocenters. The van der Waals surface area contributed by atoms with Gasteiger partial charge in [0.05, 0.1) is 12.2 Å². The van der Waals surface area contributed by atoms with E-state index in [1.807, 2.05) is 19.9 Å². The number of halogens is 3. The minimum Gasteiger partial charge on any atom is -0.492 e. The monoisotopic (exact) mass is 535 g/mol. The number of aryl methyl sites for hydroxylation is 1. The number of aliphatic imine (C=N–C) groups is 1. The first kappa shape index (κ1) is 24.3. The normalized spacial score (nSPS) is 15.1. The zero-order valence-electron chi connectivity index (χ0n) is 17.2. The Morgan fingerprint density at radius 3 is 2.60 bits per heavy atom. The van der Waals surface area contributed by atoms with Crippen LogP contribution in [0.2, 0.25) is 0 Å². The van der Waals surface area contributed by atoms with Gasteiger partial charge >= 0.3 is 0 Å². The molecule has 2 heterocycles. The minimum absolute atomic E-state index is 0. The van der Waals surface area contributed by atoms with E-state index in [2.05, 4.69) is 25.3 Å². The Morgan fingerprint density at radius 2 is 1.97 bits per heavy atom. The number of piperazine rings is 1. The van der Waals surface area contributed by atoms with Gasteiger partial charge in [-0.2, -0.15) is 0 Å². The van der Waals surface area contributed by atoms with Crippen LogP contribution < -0.4 is 10.1 Å². The van der Waals surface area contributed by atoms with Crippen molar-refractivity contribution in [3.05, 3.63) is 47.4 Å². The van der Waals surface area contributed by atoms with Crippen molar-refractivity contribution in [1.29, 1.82) is 0 Å². The molecular formula is C20H28F2IN5O2. The third-order valence-corrected chi connectivity index (χ3v) is 4.58. The molecule has 1 aromatic heterocycles. The van der Waals surface area contributed by atoms with Crippen LogP contribution in [0.3, 0.4) is 0 Å². The zero-order chi connectivity index (χ0) is 20.6. The van der Waals surface area contributed by atoms with Crippen LogP contribution in [0, 0.1) is 18.6 Å². The van der Waals surface area contributed by atoms with Crippen LogP contribution in [0.4, 0.5) is 8.78 Å². The lowest BCUT2D eigenvalue weighted by Crippen LogP contribution is -2.52. The van der Waals surface area contributed by atoms with Gasteiger partial charge in [0, 0.05) is 51.4 Å². The number of benzene rings is 1. The molecule has 7 nitrogen and oxygen atoms in total. The quantitative estimate of drug-likeness (QED) is 0.255. The van der Waals surface area contributed by atoms with Gasteiger partial charge in [-0.05, 0) is 26.0 Å². The van der Waals surface area contributed by atoms with E-state index in [1.165, 1.54) is 6.07 Å². The molecule has 1 N–H and O–H groups in total. The molecule has 1 saturated heterocycles. The Hall–Kier alpha value is -1.95. The Balaban J connectivity index is 0.00000320. The van der Waals surface area contributed by atoms with E-state index in [1.54, 1.807) is 0 Å². The van der Waals surface area contributed by atoms with Gasteiger partial charge in [-0.25, -0.2) is 13.8 Å². The molecule has 0 spiro atoms. The van der Waals surface area contributed by atoms with Crippen molar-refractivity contribution in [2.45, 2.75) is 20.4 Å². The van der Waals surface area contributed by atoms with Gasteiger partial charge in [-0.15, -0.1) is 24.0 Å². The highest BCUT2D eigenvalue weighted by Crippen LogP contribution is 2.15. The lowest BCUT2D eigenvalue weighted by atomic mass is 10.3. The Kier molecular flexibility index (Phi) is 9.76. The van der Waals surface area contributed by atoms with E-state index >= 15 is 0 Å². The second-order valence-electron chi connectivity index (χ2n) is 6.85. The van der Waals surface area contributed by atoms with Crippen LogP contribution in [0.25, 0.3) is 0 Å². The van der Waals surface area contributed by atoms with Crippen molar-refractivity contribution >= 4 is 29.9 Å². The number of guanidine groups is 1. The van der Waals surface area contributed by atoms with Crippen molar-refractivity contribution in [2.75, 3.05) is 45.9 Å². The number of aromatic nitrogens is 1. The Bertz CT molecular complexity index is 825. The van der Waals surface area contributed by atoms with Crippen molar-refractivity contribution in [3.63, 3.8) is 0 Å². The second-order valence-corrected chi connectivity index (χ2v) is 6.85. The molecule has 1 aliphatic rings. The van der Waals surface area contributed by atoms with Crippen LogP contribution in [0.1, 0.15) is 18.4 Å². The summed E-state index contributed by atoms with van der Waals surface area (Å²) in [5.41, 5.74) is 0.950. The maximum absolute atomic E-state index is 13.2. The summed E-state index contributed by atoms with van der Waals surface area (Å²) in [4.78, 5) is 9.15. The number of nitrogens with one attached hydrogen (secondary N) is 1. The largest absolute Gasteiger partial charge is 0.492 e. The summed E-state index contributed by atoms with van der Waals surface area (Å²) in [6.07, 6.45) is 0. The molecule has 1 fully saturated rings.